The first-order valence-corrected chi connectivity index (χ1v) is 11.0. The number of amides is 2. The maximum atomic E-state index is 13.5. The van der Waals surface area contributed by atoms with E-state index in [9.17, 15) is 9.59 Å². The fourth-order valence-corrected chi connectivity index (χ4v) is 3.86. The van der Waals surface area contributed by atoms with Gasteiger partial charge in [0.1, 0.15) is 0 Å². The number of rotatable bonds is 7. The lowest BCUT2D eigenvalue weighted by Crippen LogP contribution is -2.32. The number of nitrogens with zero attached hydrogens (tertiary/aromatic N) is 2. The molecule has 1 aliphatic rings. The van der Waals surface area contributed by atoms with Gasteiger partial charge in [0.05, 0.1) is 11.4 Å². The molecule has 0 atom stereocenters. The number of hydrogen-bond donors (Lipinski definition) is 1. The Balaban J connectivity index is 1.99. The monoisotopic (exact) mass is 407 g/mol. The molecule has 2 aromatic carbocycles. The van der Waals surface area contributed by atoms with Crippen molar-refractivity contribution in [3.63, 3.8) is 0 Å². The zero-order valence-corrected chi connectivity index (χ0v) is 18.6. The summed E-state index contributed by atoms with van der Waals surface area (Å²) < 4.78 is 0. The van der Waals surface area contributed by atoms with Gasteiger partial charge in [0.15, 0.2) is 0 Å². The van der Waals surface area contributed by atoms with E-state index in [2.05, 4.69) is 30.1 Å². The molecule has 5 heteroatoms. The third-order valence-electron chi connectivity index (χ3n) is 5.80. The highest BCUT2D eigenvalue weighted by Gasteiger charge is 2.26. The number of fused-ring (bicyclic) bond motifs is 2. The molecule has 3 rings (SSSR count). The summed E-state index contributed by atoms with van der Waals surface area (Å²) in [5.41, 5.74) is 4.87. The lowest BCUT2D eigenvalue weighted by Gasteiger charge is -2.27. The Morgan fingerprint density at radius 2 is 1.67 bits per heavy atom. The van der Waals surface area contributed by atoms with Crippen LogP contribution in [0.15, 0.2) is 42.5 Å². The number of carbonyl (C=O) groups excluding carboxylic acids is 2. The lowest BCUT2D eigenvalue weighted by molar-refractivity contribution is -0.119. The summed E-state index contributed by atoms with van der Waals surface area (Å²) in [5.74, 6) is -0.0374. The Bertz CT molecular complexity index is 903. The Hall–Kier alpha value is -2.66. The summed E-state index contributed by atoms with van der Waals surface area (Å²) in [6, 6.07) is 14.1. The molecule has 160 valence electrons. The van der Waals surface area contributed by atoms with Gasteiger partial charge in [0.25, 0.3) is 0 Å². The predicted molar refractivity (Wildman–Crippen MR) is 123 cm³/mol. The zero-order valence-electron chi connectivity index (χ0n) is 18.6. The molecular weight excluding hydrogens is 374 g/mol. The van der Waals surface area contributed by atoms with E-state index in [0.717, 1.165) is 55.1 Å². The molecule has 0 saturated heterocycles. The molecule has 0 aromatic heterocycles. The van der Waals surface area contributed by atoms with Crippen LogP contribution in [0.2, 0.25) is 0 Å². The topological polar surface area (TPSA) is 52.7 Å². The summed E-state index contributed by atoms with van der Waals surface area (Å²) in [4.78, 5) is 29.8. The fourth-order valence-electron chi connectivity index (χ4n) is 3.86. The van der Waals surface area contributed by atoms with Crippen molar-refractivity contribution in [3.8, 4) is 0 Å². The van der Waals surface area contributed by atoms with Crippen LogP contribution in [0.5, 0.6) is 0 Å². The van der Waals surface area contributed by atoms with Crippen molar-refractivity contribution in [3.05, 3.63) is 53.6 Å². The molecule has 0 unspecified atom stereocenters. The van der Waals surface area contributed by atoms with Gasteiger partial charge in [0, 0.05) is 24.6 Å². The third-order valence-corrected chi connectivity index (χ3v) is 5.80. The van der Waals surface area contributed by atoms with Crippen molar-refractivity contribution in [2.45, 2.75) is 47.0 Å². The van der Waals surface area contributed by atoms with E-state index in [-0.39, 0.29) is 17.7 Å². The van der Waals surface area contributed by atoms with Gasteiger partial charge in [0.2, 0.25) is 11.8 Å². The molecule has 0 fully saturated rings. The van der Waals surface area contributed by atoms with E-state index in [4.69, 9.17) is 0 Å². The normalized spacial score (nSPS) is 13.1. The molecule has 0 aliphatic carbocycles. The maximum Gasteiger partial charge on any atom is 0.232 e. The molecule has 30 heavy (non-hydrogen) atoms. The van der Waals surface area contributed by atoms with Crippen molar-refractivity contribution in [2.24, 2.45) is 5.92 Å². The van der Waals surface area contributed by atoms with E-state index in [0.29, 0.717) is 6.42 Å². The van der Waals surface area contributed by atoms with Crippen LogP contribution in [0.4, 0.5) is 17.1 Å². The second-order valence-electron chi connectivity index (χ2n) is 8.12. The van der Waals surface area contributed by atoms with Crippen LogP contribution in [-0.2, 0) is 22.4 Å². The minimum atomic E-state index is -0.101. The predicted octanol–water partition coefficient (Wildman–Crippen LogP) is 4.78. The van der Waals surface area contributed by atoms with Crippen molar-refractivity contribution < 1.29 is 9.59 Å². The van der Waals surface area contributed by atoms with E-state index >= 15 is 0 Å². The van der Waals surface area contributed by atoms with Crippen molar-refractivity contribution in [1.29, 1.82) is 0 Å². The highest BCUT2D eigenvalue weighted by molar-refractivity contribution is 6.03. The van der Waals surface area contributed by atoms with Gasteiger partial charge in [-0.1, -0.05) is 52.0 Å². The first kappa shape index (κ1) is 22.0. The minimum absolute atomic E-state index is 0.0246. The SMILES string of the molecule is CCN(CC)CCC(=O)N1c2ccccc2CCc2ccc(NC(=O)C(C)C)cc21. The molecule has 0 spiro atoms. The maximum absolute atomic E-state index is 13.5. The van der Waals surface area contributed by atoms with Crippen LogP contribution < -0.4 is 10.2 Å². The molecule has 2 aromatic rings. The molecule has 1 heterocycles. The second-order valence-corrected chi connectivity index (χ2v) is 8.12. The number of nitrogens with one attached hydrogen (secondary N) is 1. The minimum Gasteiger partial charge on any atom is -0.326 e. The number of aryl methyl sites for hydroxylation is 2. The van der Waals surface area contributed by atoms with Crippen LogP contribution in [0.1, 0.15) is 45.2 Å². The highest BCUT2D eigenvalue weighted by atomic mass is 16.2. The average Bonchev–Trinajstić information content (AvgIpc) is 2.90. The van der Waals surface area contributed by atoms with Crippen LogP contribution >= 0.6 is 0 Å². The summed E-state index contributed by atoms with van der Waals surface area (Å²) in [6.45, 7) is 10.6. The van der Waals surface area contributed by atoms with Crippen LogP contribution in [0, 0.1) is 5.92 Å². The molecule has 0 radical (unpaired) electrons. The number of para-hydroxylation sites is 1. The fraction of sp³-hybridized carbons (Fsp3) is 0.440. The Morgan fingerprint density at radius 3 is 2.33 bits per heavy atom. The van der Waals surface area contributed by atoms with E-state index in [1.807, 2.05) is 55.1 Å². The largest absolute Gasteiger partial charge is 0.326 e. The Morgan fingerprint density at radius 1 is 1.00 bits per heavy atom. The first-order valence-electron chi connectivity index (χ1n) is 11.0. The zero-order chi connectivity index (χ0) is 21.7. The van der Waals surface area contributed by atoms with Crippen LogP contribution in [-0.4, -0.2) is 36.3 Å². The van der Waals surface area contributed by atoms with Gasteiger partial charge in [-0.2, -0.15) is 0 Å². The summed E-state index contributed by atoms with van der Waals surface area (Å²) in [7, 11) is 0. The second kappa shape index (κ2) is 9.90. The molecule has 2 amide bonds. The average molecular weight is 408 g/mol. The van der Waals surface area contributed by atoms with Crippen LogP contribution in [0.3, 0.4) is 0 Å². The molecular formula is C25H33N3O2. The first-order chi connectivity index (χ1) is 14.4. The molecule has 0 bridgehead atoms. The molecule has 5 nitrogen and oxygen atoms in total. The summed E-state index contributed by atoms with van der Waals surface area (Å²) in [6.07, 6.45) is 2.21. The lowest BCUT2D eigenvalue weighted by atomic mass is 10.0. The molecule has 1 aliphatic heterocycles. The van der Waals surface area contributed by atoms with Gasteiger partial charge in [-0.05, 0) is 55.3 Å². The number of benzene rings is 2. The van der Waals surface area contributed by atoms with Gasteiger partial charge < -0.3 is 10.2 Å². The van der Waals surface area contributed by atoms with E-state index in [1.54, 1.807) is 0 Å². The van der Waals surface area contributed by atoms with Crippen molar-refractivity contribution in [1.82, 2.24) is 4.90 Å². The van der Waals surface area contributed by atoms with Gasteiger partial charge in [-0.25, -0.2) is 0 Å². The highest BCUT2D eigenvalue weighted by Crippen LogP contribution is 2.38. The standard InChI is InChI=1S/C25H33N3O2/c1-5-27(6-2)16-15-24(29)28-22-10-8-7-9-19(22)11-12-20-13-14-21(17-23(20)28)26-25(30)18(3)4/h7-10,13-14,17-18H,5-6,11-12,15-16H2,1-4H3,(H,26,30). The number of hydrogen-bond acceptors (Lipinski definition) is 3. The number of carbonyl (C=O) groups is 2. The van der Waals surface area contributed by atoms with Gasteiger partial charge >= 0.3 is 0 Å². The van der Waals surface area contributed by atoms with Gasteiger partial charge in [-0.15, -0.1) is 0 Å². The summed E-state index contributed by atoms with van der Waals surface area (Å²) >= 11 is 0. The summed E-state index contributed by atoms with van der Waals surface area (Å²) in [5, 5.41) is 2.98. The van der Waals surface area contributed by atoms with Crippen LogP contribution in [0.25, 0.3) is 0 Å². The molecule has 0 saturated carbocycles. The Kier molecular flexibility index (Phi) is 7.27. The smallest absolute Gasteiger partial charge is 0.232 e. The van der Waals surface area contributed by atoms with E-state index < -0.39 is 0 Å². The van der Waals surface area contributed by atoms with Gasteiger partial charge in [-0.3, -0.25) is 14.5 Å². The number of anilines is 3. The van der Waals surface area contributed by atoms with Crippen molar-refractivity contribution in [2.75, 3.05) is 29.9 Å². The van der Waals surface area contributed by atoms with Crippen molar-refractivity contribution >= 4 is 28.9 Å². The van der Waals surface area contributed by atoms with E-state index in [1.165, 1.54) is 5.56 Å². The third kappa shape index (κ3) is 4.90. The molecule has 1 N–H and O–H groups in total. The quantitative estimate of drug-likeness (QED) is 0.719. The Labute approximate surface area is 180 Å².